The second-order valence-electron chi connectivity index (χ2n) is 4.11. The molecule has 0 aromatic carbocycles. The van der Waals surface area contributed by atoms with Crippen LogP contribution in [0.1, 0.15) is 18.0 Å². The molecule has 0 spiro atoms. The molecule has 0 aliphatic carbocycles. The summed E-state index contributed by atoms with van der Waals surface area (Å²) in [5.41, 5.74) is 6.16. The van der Waals surface area contributed by atoms with Crippen molar-refractivity contribution in [2.24, 2.45) is 18.7 Å². The first-order valence-corrected chi connectivity index (χ1v) is 5.04. The number of carbonyl (C=O) groups is 2. The summed E-state index contributed by atoms with van der Waals surface area (Å²) in [5.74, 6) is -0.953. The molecule has 2 atom stereocenters. The topological polar surface area (TPSA) is 81.2 Å². The molecule has 6 heteroatoms. The van der Waals surface area contributed by atoms with Crippen molar-refractivity contribution in [3.8, 4) is 0 Å². The lowest BCUT2D eigenvalue weighted by atomic mass is 9.95. The van der Waals surface area contributed by atoms with Crippen LogP contribution in [0, 0.1) is 5.92 Å². The second-order valence-corrected chi connectivity index (χ2v) is 4.11. The SMILES string of the molecule is CN1C(=O)C[C@H](C(N)=O)[C@H]1c1cnn(C)c1. The van der Waals surface area contributed by atoms with Gasteiger partial charge in [0.25, 0.3) is 0 Å². The van der Waals surface area contributed by atoms with Crippen LogP contribution in [0.25, 0.3) is 0 Å². The molecule has 6 nitrogen and oxygen atoms in total. The minimum absolute atomic E-state index is 0.0577. The van der Waals surface area contributed by atoms with Crippen molar-refractivity contribution in [2.75, 3.05) is 7.05 Å². The van der Waals surface area contributed by atoms with E-state index in [4.69, 9.17) is 5.73 Å². The summed E-state index contributed by atoms with van der Waals surface area (Å²) in [7, 11) is 3.47. The van der Waals surface area contributed by atoms with E-state index in [1.807, 2.05) is 0 Å². The van der Waals surface area contributed by atoms with Crippen molar-refractivity contribution in [2.45, 2.75) is 12.5 Å². The summed E-state index contributed by atoms with van der Waals surface area (Å²) >= 11 is 0. The first-order chi connectivity index (χ1) is 7.50. The molecule has 1 aliphatic heterocycles. The molecule has 1 fully saturated rings. The Balaban J connectivity index is 2.36. The zero-order valence-corrected chi connectivity index (χ0v) is 9.25. The number of rotatable bonds is 2. The standard InChI is InChI=1S/C10H14N4O2/c1-13-5-6(4-12-13)9-7(10(11)16)3-8(15)14(9)2/h4-5,7,9H,3H2,1-2H3,(H2,11,16)/t7-,9+/m0/s1. The minimum atomic E-state index is -0.457. The van der Waals surface area contributed by atoms with Crippen LogP contribution in [0.2, 0.25) is 0 Å². The summed E-state index contributed by atoms with van der Waals surface area (Å²) < 4.78 is 1.64. The third-order valence-corrected chi connectivity index (χ3v) is 3.02. The molecule has 1 aromatic heterocycles. The number of aromatic nitrogens is 2. The molecular formula is C10H14N4O2. The molecule has 2 amide bonds. The van der Waals surface area contributed by atoms with Gasteiger partial charge in [-0.2, -0.15) is 5.10 Å². The number of hydrogen-bond donors (Lipinski definition) is 1. The molecule has 1 saturated heterocycles. The summed E-state index contributed by atoms with van der Waals surface area (Å²) in [4.78, 5) is 24.4. The first-order valence-electron chi connectivity index (χ1n) is 5.04. The molecule has 0 bridgehead atoms. The Bertz CT molecular complexity index is 440. The minimum Gasteiger partial charge on any atom is -0.369 e. The van der Waals surface area contributed by atoms with Gasteiger partial charge in [-0.1, -0.05) is 0 Å². The van der Waals surface area contributed by atoms with Gasteiger partial charge in [-0.15, -0.1) is 0 Å². The maximum atomic E-state index is 11.6. The molecule has 86 valence electrons. The number of nitrogens with zero attached hydrogens (tertiary/aromatic N) is 3. The molecule has 2 rings (SSSR count). The Morgan fingerprint density at radius 3 is 2.75 bits per heavy atom. The summed E-state index contributed by atoms with van der Waals surface area (Å²) in [6.45, 7) is 0. The molecule has 0 unspecified atom stereocenters. The average molecular weight is 222 g/mol. The van der Waals surface area contributed by atoms with Crippen molar-refractivity contribution < 1.29 is 9.59 Å². The third kappa shape index (κ3) is 1.56. The number of nitrogens with two attached hydrogens (primary N) is 1. The lowest BCUT2D eigenvalue weighted by Crippen LogP contribution is -2.30. The van der Waals surface area contributed by atoms with E-state index in [2.05, 4.69) is 5.10 Å². The van der Waals surface area contributed by atoms with Crippen LogP contribution < -0.4 is 5.73 Å². The van der Waals surface area contributed by atoms with E-state index < -0.39 is 11.8 Å². The van der Waals surface area contributed by atoms with Gasteiger partial charge in [0, 0.05) is 32.3 Å². The monoisotopic (exact) mass is 222 g/mol. The fourth-order valence-corrected chi connectivity index (χ4v) is 2.17. The molecule has 0 radical (unpaired) electrons. The van der Waals surface area contributed by atoms with Crippen molar-refractivity contribution in [1.82, 2.24) is 14.7 Å². The van der Waals surface area contributed by atoms with Gasteiger partial charge in [0.1, 0.15) is 0 Å². The fraction of sp³-hybridized carbons (Fsp3) is 0.500. The van der Waals surface area contributed by atoms with Gasteiger partial charge < -0.3 is 10.6 Å². The highest BCUT2D eigenvalue weighted by molar-refractivity contribution is 5.89. The van der Waals surface area contributed by atoms with E-state index in [1.54, 1.807) is 36.1 Å². The molecule has 2 heterocycles. The highest BCUT2D eigenvalue weighted by Crippen LogP contribution is 2.36. The van der Waals surface area contributed by atoms with E-state index in [0.29, 0.717) is 0 Å². The Morgan fingerprint density at radius 2 is 2.25 bits per heavy atom. The van der Waals surface area contributed by atoms with Crippen LogP contribution in [0.4, 0.5) is 0 Å². The van der Waals surface area contributed by atoms with Gasteiger partial charge in [0.05, 0.1) is 18.2 Å². The maximum Gasteiger partial charge on any atom is 0.223 e. The van der Waals surface area contributed by atoms with Gasteiger partial charge in [0.2, 0.25) is 11.8 Å². The smallest absolute Gasteiger partial charge is 0.223 e. The molecule has 1 aliphatic rings. The first kappa shape index (κ1) is 10.7. The third-order valence-electron chi connectivity index (χ3n) is 3.02. The number of primary amides is 1. The molecule has 2 N–H and O–H groups in total. The lowest BCUT2D eigenvalue weighted by molar-refractivity contribution is -0.128. The van der Waals surface area contributed by atoms with Gasteiger partial charge in [-0.05, 0) is 0 Å². The highest BCUT2D eigenvalue weighted by atomic mass is 16.2. The van der Waals surface area contributed by atoms with Crippen LogP contribution in [0.3, 0.4) is 0 Å². The van der Waals surface area contributed by atoms with Crippen LogP contribution >= 0.6 is 0 Å². The zero-order chi connectivity index (χ0) is 11.9. The summed E-state index contributed by atoms with van der Waals surface area (Å²) in [6, 6.07) is -0.279. The van der Waals surface area contributed by atoms with Crippen LogP contribution in [0.15, 0.2) is 12.4 Å². The normalized spacial score (nSPS) is 25.1. The van der Waals surface area contributed by atoms with E-state index in [1.165, 1.54) is 0 Å². The number of likely N-dealkylation sites (tertiary alicyclic amines) is 1. The molecule has 1 aromatic rings. The van der Waals surface area contributed by atoms with Crippen LogP contribution in [0.5, 0.6) is 0 Å². The number of amides is 2. The van der Waals surface area contributed by atoms with Gasteiger partial charge in [0.15, 0.2) is 0 Å². The van der Waals surface area contributed by atoms with Crippen molar-refractivity contribution in [3.63, 3.8) is 0 Å². The van der Waals surface area contributed by atoms with Crippen LogP contribution in [-0.4, -0.2) is 33.5 Å². The molecular weight excluding hydrogens is 208 g/mol. The Kier molecular flexibility index (Phi) is 2.41. The quantitative estimate of drug-likeness (QED) is 0.727. The van der Waals surface area contributed by atoms with Crippen LogP contribution in [-0.2, 0) is 16.6 Å². The Hall–Kier alpha value is -1.85. The van der Waals surface area contributed by atoms with Gasteiger partial charge in [-0.25, -0.2) is 0 Å². The predicted octanol–water partition coefficient (Wildman–Crippen LogP) is -0.575. The largest absolute Gasteiger partial charge is 0.369 e. The predicted molar refractivity (Wildman–Crippen MR) is 56.0 cm³/mol. The highest BCUT2D eigenvalue weighted by Gasteiger charge is 2.42. The van der Waals surface area contributed by atoms with E-state index >= 15 is 0 Å². The number of aryl methyl sites for hydroxylation is 1. The van der Waals surface area contributed by atoms with Crippen molar-refractivity contribution >= 4 is 11.8 Å². The number of carbonyl (C=O) groups excluding carboxylic acids is 2. The van der Waals surface area contributed by atoms with Crippen molar-refractivity contribution in [1.29, 1.82) is 0 Å². The molecule has 0 saturated carbocycles. The lowest BCUT2D eigenvalue weighted by Gasteiger charge is -2.21. The fourth-order valence-electron chi connectivity index (χ4n) is 2.17. The van der Waals surface area contributed by atoms with Crippen molar-refractivity contribution in [3.05, 3.63) is 18.0 Å². The average Bonchev–Trinajstić information content (AvgIpc) is 2.73. The summed E-state index contributed by atoms with van der Waals surface area (Å²) in [6.07, 6.45) is 3.65. The zero-order valence-electron chi connectivity index (χ0n) is 9.25. The van der Waals surface area contributed by atoms with Gasteiger partial charge >= 0.3 is 0 Å². The Labute approximate surface area is 93.0 Å². The van der Waals surface area contributed by atoms with E-state index in [0.717, 1.165) is 5.56 Å². The maximum absolute atomic E-state index is 11.6. The van der Waals surface area contributed by atoms with Gasteiger partial charge in [-0.3, -0.25) is 14.3 Å². The van der Waals surface area contributed by atoms with E-state index in [9.17, 15) is 9.59 Å². The molecule has 16 heavy (non-hydrogen) atoms. The van der Waals surface area contributed by atoms with E-state index in [-0.39, 0.29) is 18.4 Å². The Morgan fingerprint density at radius 1 is 1.56 bits per heavy atom. The second kappa shape index (κ2) is 3.62. The number of hydrogen-bond acceptors (Lipinski definition) is 3. The summed E-state index contributed by atoms with van der Waals surface area (Å²) in [5, 5.41) is 4.04.